The van der Waals surface area contributed by atoms with Crippen LogP contribution in [0.5, 0.6) is 0 Å². The highest BCUT2D eigenvalue weighted by Gasteiger charge is 2.26. The van der Waals surface area contributed by atoms with Gasteiger partial charge in [0.15, 0.2) is 5.58 Å². The van der Waals surface area contributed by atoms with Crippen LogP contribution >= 0.6 is 0 Å². The van der Waals surface area contributed by atoms with Crippen LogP contribution in [-0.2, 0) is 17.8 Å². The highest BCUT2D eigenvalue weighted by molar-refractivity contribution is 5.86. The number of carbonyl (C=O) groups is 1. The number of para-hydroxylation sites is 1. The van der Waals surface area contributed by atoms with Crippen LogP contribution in [0.15, 0.2) is 53.2 Å². The largest absolute Gasteiger partial charge is 0.356 e. The summed E-state index contributed by atoms with van der Waals surface area (Å²) < 4.78 is 5.37. The Bertz CT molecular complexity index is 885. The molecule has 6 heteroatoms. The predicted molar refractivity (Wildman–Crippen MR) is 103 cm³/mol. The highest BCUT2D eigenvalue weighted by atomic mass is 16.5. The number of hydrogen-bond acceptors (Lipinski definition) is 5. The summed E-state index contributed by atoms with van der Waals surface area (Å²) in [5.41, 5.74) is 2.33. The van der Waals surface area contributed by atoms with Crippen molar-refractivity contribution in [1.82, 2.24) is 20.4 Å². The van der Waals surface area contributed by atoms with Crippen LogP contribution in [0.25, 0.3) is 11.0 Å². The first kappa shape index (κ1) is 17.7. The first-order valence-electron chi connectivity index (χ1n) is 9.54. The van der Waals surface area contributed by atoms with Gasteiger partial charge in [-0.1, -0.05) is 23.4 Å². The molecule has 3 heterocycles. The van der Waals surface area contributed by atoms with E-state index >= 15 is 0 Å². The van der Waals surface area contributed by atoms with Gasteiger partial charge in [0.2, 0.25) is 5.91 Å². The van der Waals surface area contributed by atoms with E-state index in [1.807, 2.05) is 47.4 Å². The molecule has 140 valence electrons. The molecule has 2 aromatic heterocycles. The second-order valence-corrected chi connectivity index (χ2v) is 6.98. The molecule has 1 fully saturated rings. The molecule has 6 nitrogen and oxygen atoms in total. The maximum Gasteiger partial charge on any atom is 0.229 e. The SMILES string of the molecule is O=C(Cc1noc2ccccc12)N(Cc1ccccn1)C1CCCNCC1. The highest BCUT2D eigenvalue weighted by Crippen LogP contribution is 2.21. The number of carbonyl (C=O) groups excluding carboxylic acids is 1. The predicted octanol–water partition coefficient (Wildman–Crippen LogP) is 2.94. The minimum Gasteiger partial charge on any atom is -0.356 e. The van der Waals surface area contributed by atoms with Crippen molar-refractivity contribution >= 4 is 16.9 Å². The Morgan fingerprint density at radius 2 is 2.04 bits per heavy atom. The molecule has 1 atom stereocenters. The Morgan fingerprint density at radius 3 is 2.93 bits per heavy atom. The molecule has 0 bridgehead atoms. The third-order valence-corrected chi connectivity index (χ3v) is 5.14. The smallest absolute Gasteiger partial charge is 0.229 e. The molecule has 0 saturated carbocycles. The fraction of sp³-hybridized carbons (Fsp3) is 0.381. The number of amides is 1. The van der Waals surface area contributed by atoms with Crippen molar-refractivity contribution in [2.24, 2.45) is 0 Å². The average Bonchev–Trinajstić information content (AvgIpc) is 2.92. The number of hydrogen-bond donors (Lipinski definition) is 1. The Labute approximate surface area is 158 Å². The van der Waals surface area contributed by atoms with Crippen LogP contribution in [0.1, 0.15) is 30.7 Å². The van der Waals surface area contributed by atoms with E-state index in [9.17, 15) is 4.79 Å². The van der Waals surface area contributed by atoms with Crippen LogP contribution in [0, 0.1) is 0 Å². The molecule has 1 aliphatic rings. The third-order valence-electron chi connectivity index (χ3n) is 5.14. The molecule has 1 amide bonds. The monoisotopic (exact) mass is 364 g/mol. The molecule has 0 radical (unpaired) electrons. The Balaban J connectivity index is 1.57. The van der Waals surface area contributed by atoms with Crippen LogP contribution < -0.4 is 5.32 Å². The van der Waals surface area contributed by atoms with Crippen molar-refractivity contribution in [2.45, 2.75) is 38.3 Å². The molecular formula is C21H24N4O2. The molecule has 1 unspecified atom stereocenters. The van der Waals surface area contributed by atoms with Gasteiger partial charge in [-0.05, 0) is 56.6 Å². The Kier molecular flexibility index (Phi) is 5.44. The summed E-state index contributed by atoms with van der Waals surface area (Å²) in [6.07, 6.45) is 5.05. The lowest BCUT2D eigenvalue weighted by Gasteiger charge is -2.31. The molecule has 1 N–H and O–H groups in total. The van der Waals surface area contributed by atoms with Gasteiger partial charge in [-0.2, -0.15) is 0 Å². The lowest BCUT2D eigenvalue weighted by atomic mass is 10.1. The van der Waals surface area contributed by atoms with Crippen molar-refractivity contribution in [3.05, 3.63) is 60.0 Å². The van der Waals surface area contributed by atoms with E-state index in [1.54, 1.807) is 6.20 Å². The van der Waals surface area contributed by atoms with E-state index in [0.29, 0.717) is 12.2 Å². The van der Waals surface area contributed by atoms with Crippen molar-refractivity contribution in [3.63, 3.8) is 0 Å². The zero-order valence-corrected chi connectivity index (χ0v) is 15.3. The van der Waals surface area contributed by atoms with Gasteiger partial charge in [0.25, 0.3) is 0 Å². The van der Waals surface area contributed by atoms with E-state index < -0.39 is 0 Å². The van der Waals surface area contributed by atoms with Crippen LogP contribution in [0.3, 0.4) is 0 Å². The van der Waals surface area contributed by atoms with Gasteiger partial charge >= 0.3 is 0 Å². The molecule has 1 aliphatic heterocycles. The van der Waals surface area contributed by atoms with Gasteiger partial charge in [-0.25, -0.2) is 0 Å². The zero-order valence-electron chi connectivity index (χ0n) is 15.3. The van der Waals surface area contributed by atoms with E-state index in [0.717, 1.165) is 49.0 Å². The second-order valence-electron chi connectivity index (χ2n) is 6.98. The topological polar surface area (TPSA) is 71.3 Å². The van der Waals surface area contributed by atoms with Gasteiger partial charge < -0.3 is 14.7 Å². The minimum atomic E-state index is 0.0756. The van der Waals surface area contributed by atoms with Crippen LogP contribution in [0.2, 0.25) is 0 Å². The summed E-state index contributed by atoms with van der Waals surface area (Å²) in [5, 5.41) is 8.47. The van der Waals surface area contributed by atoms with Crippen LogP contribution in [0.4, 0.5) is 0 Å². The normalized spacial score (nSPS) is 17.6. The lowest BCUT2D eigenvalue weighted by Crippen LogP contribution is -2.41. The number of rotatable bonds is 5. The minimum absolute atomic E-state index is 0.0756. The third kappa shape index (κ3) is 4.17. The van der Waals surface area contributed by atoms with Crippen molar-refractivity contribution in [1.29, 1.82) is 0 Å². The first-order valence-corrected chi connectivity index (χ1v) is 9.54. The quantitative estimate of drug-likeness (QED) is 0.754. The fourth-order valence-corrected chi connectivity index (χ4v) is 3.71. The van der Waals surface area contributed by atoms with Crippen LogP contribution in [-0.4, -0.2) is 40.1 Å². The molecule has 1 saturated heterocycles. The van der Waals surface area contributed by atoms with Gasteiger partial charge in [0.1, 0.15) is 5.69 Å². The number of nitrogens with zero attached hydrogens (tertiary/aromatic N) is 3. The summed E-state index contributed by atoms with van der Waals surface area (Å²) in [4.78, 5) is 19.7. The van der Waals surface area contributed by atoms with Crippen molar-refractivity contribution in [2.75, 3.05) is 13.1 Å². The Hall–Kier alpha value is -2.73. The average molecular weight is 364 g/mol. The first-order chi connectivity index (χ1) is 13.3. The van der Waals surface area contributed by atoms with E-state index in [4.69, 9.17) is 4.52 Å². The molecule has 0 aliphatic carbocycles. The standard InChI is InChI=1S/C21H24N4O2/c26-21(14-19-18-8-1-2-9-20(18)27-24-19)25(15-16-6-3-4-12-23-16)17-7-5-11-22-13-10-17/h1-4,6,8-9,12,17,22H,5,7,10-11,13-15H2. The number of aromatic nitrogens is 2. The molecule has 0 spiro atoms. The van der Waals surface area contributed by atoms with Gasteiger partial charge in [0.05, 0.1) is 18.7 Å². The number of pyridine rings is 1. The van der Waals surface area contributed by atoms with Crippen molar-refractivity contribution < 1.29 is 9.32 Å². The summed E-state index contributed by atoms with van der Waals surface area (Å²) >= 11 is 0. The van der Waals surface area contributed by atoms with E-state index in [1.165, 1.54) is 0 Å². The summed E-state index contributed by atoms with van der Waals surface area (Å²) in [6.45, 7) is 2.47. The summed E-state index contributed by atoms with van der Waals surface area (Å²) in [7, 11) is 0. The molecule has 3 aromatic rings. The molecule has 1 aromatic carbocycles. The Morgan fingerprint density at radius 1 is 1.15 bits per heavy atom. The number of fused-ring (bicyclic) bond motifs is 1. The second kappa shape index (κ2) is 8.31. The lowest BCUT2D eigenvalue weighted by molar-refractivity contribution is -0.133. The van der Waals surface area contributed by atoms with E-state index in [-0.39, 0.29) is 18.4 Å². The van der Waals surface area contributed by atoms with E-state index in [2.05, 4.69) is 15.5 Å². The zero-order chi connectivity index (χ0) is 18.5. The molecular weight excluding hydrogens is 340 g/mol. The maximum atomic E-state index is 13.3. The molecule has 4 rings (SSSR count). The number of nitrogens with one attached hydrogen (secondary N) is 1. The summed E-state index contributed by atoms with van der Waals surface area (Å²) in [5.74, 6) is 0.0756. The van der Waals surface area contributed by atoms with Gasteiger partial charge in [-0.3, -0.25) is 9.78 Å². The summed E-state index contributed by atoms with van der Waals surface area (Å²) in [6, 6.07) is 13.7. The fourth-order valence-electron chi connectivity index (χ4n) is 3.71. The van der Waals surface area contributed by atoms with Crippen molar-refractivity contribution in [3.8, 4) is 0 Å². The number of benzene rings is 1. The van der Waals surface area contributed by atoms with Gasteiger partial charge in [-0.15, -0.1) is 0 Å². The molecule has 27 heavy (non-hydrogen) atoms. The maximum absolute atomic E-state index is 13.3. The van der Waals surface area contributed by atoms with Gasteiger partial charge in [0, 0.05) is 17.6 Å².